The molecule has 0 rings (SSSR count). The number of hydrogen-bond donors (Lipinski definition) is 4. The lowest BCUT2D eigenvalue weighted by Gasteiger charge is -2.12. The molecule has 0 heterocycles. The van der Waals surface area contributed by atoms with Crippen LogP contribution in [-0.4, -0.2) is 40.6 Å². The van der Waals surface area contributed by atoms with Crippen molar-refractivity contribution in [1.29, 1.82) is 0 Å². The molecule has 7 nitrogen and oxygen atoms in total. The summed E-state index contributed by atoms with van der Waals surface area (Å²) in [6, 6.07) is -0.869. The number of hydrogen-bond acceptors (Lipinski definition) is 4. The maximum Gasteiger partial charge on any atom is 0.306 e. The summed E-state index contributed by atoms with van der Waals surface area (Å²) in [5.41, 5.74) is 5.45. The third-order valence-corrected chi connectivity index (χ3v) is 2.30. The second-order valence-electron chi connectivity index (χ2n) is 3.86. The van der Waals surface area contributed by atoms with Crippen LogP contribution in [-0.2, 0) is 14.4 Å². The number of amides is 1. The monoisotopic (exact) mass is 246 g/mol. The molecule has 17 heavy (non-hydrogen) atoms. The minimum absolute atomic E-state index is 0.0651. The molecule has 0 aromatic carbocycles. The average molecular weight is 246 g/mol. The average Bonchev–Trinajstić information content (AvgIpc) is 2.25. The van der Waals surface area contributed by atoms with Crippen molar-refractivity contribution in [3.05, 3.63) is 0 Å². The number of carbonyl (C=O) groups excluding carboxylic acids is 1. The zero-order valence-electron chi connectivity index (χ0n) is 9.68. The van der Waals surface area contributed by atoms with Crippen LogP contribution in [0.2, 0.25) is 0 Å². The van der Waals surface area contributed by atoms with E-state index in [4.69, 9.17) is 15.9 Å². The summed E-state index contributed by atoms with van der Waals surface area (Å²) in [6.07, 6.45) is 0.211. The van der Waals surface area contributed by atoms with E-state index in [2.05, 4.69) is 5.32 Å². The lowest BCUT2D eigenvalue weighted by Crippen LogP contribution is -2.41. The van der Waals surface area contributed by atoms with Crippen LogP contribution in [0.25, 0.3) is 0 Å². The minimum Gasteiger partial charge on any atom is -0.481 e. The lowest BCUT2D eigenvalue weighted by atomic mass is 10.1. The van der Waals surface area contributed by atoms with E-state index in [1.807, 2.05) is 0 Å². The van der Waals surface area contributed by atoms with Crippen LogP contribution in [0.15, 0.2) is 0 Å². The van der Waals surface area contributed by atoms with Crippen molar-refractivity contribution >= 4 is 17.8 Å². The fourth-order valence-corrected chi connectivity index (χ4v) is 1.08. The maximum absolute atomic E-state index is 11.3. The first-order chi connectivity index (χ1) is 7.84. The molecule has 0 saturated carbocycles. The number of nitrogens with two attached hydrogens (primary N) is 1. The molecule has 0 saturated heterocycles. The highest BCUT2D eigenvalue weighted by Crippen LogP contribution is 2.00. The van der Waals surface area contributed by atoms with Crippen LogP contribution >= 0.6 is 0 Å². The van der Waals surface area contributed by atoms with Crippen molar-refractivity contribution in [1.82, 2.24) is 5.32 Å². The highest BCUT2D eigenvalue weighted by Gasteiger charge is 2.15. The molecule has 0 aromatic rings. The molecule has 5 N–H and O–H groups in total. The molecule has 7 heteroatoms. The second-order valence-corrected chi connectivity index (χ2v) is 3.86. The van der Waals surface area contributed by atoms with E-state index in [-0.39, 0.29) is 19.4 Å². The van der Waals surface area contributed by atoms with E-state index < -0.39 is 29.8 Å². The first kappa shape index (κ1) is 15.4. The van der Waals surface area contributed by atoms with Gasteiger partial charge in [-0.15, -0.1) is 0 Å². The molecule has 2 atom stereocenters. The van der Waals surface area contributed by atoms with Gasteiger partial charge in [0.2, 0.25) is 5.91 Å². The Morgan fingerprint density at radius 3 is 2.29 bits per heavy atom. The summed E-state index contributed by atoms with van der Waals surface area (Å²) in [4.78, 5) is 32.1. The predicted octanol–water partition coefficient (Wildman–Crippen LogP) is -0.594. The van der Waals surface area contributed by atoms with E-state index in [1.54, 1.807) is 6.92 Å². The Morgan fingerprint density at radius 1 is 1.24 bits per heavy atom. The summed E-state index contributed by atoms with van der Waals surface area (Å²) in [5, 5.41) is 19.5. The van der Waals surface area contributed by atoms with Crippen LogP contribution < -0.4 is 11.1 Å². The van der Waals surface area contributed by atoms with Crippen LogP contribution in [0.3, 0.4) is 0 Å². The largest absolute Gasteiger partial charge is 0.481 e. The molecule has 2 unspecified atom stereocenters. The number of rotatable bonds is 8. The summed E-state index contributed by atoms with van der Waals surface area (Å²) >= 11 is 0. The van der Waals surface area contributed by atoms with Crippen molar-refractivity contribution in [3.8, 4) is 0 Å². The summed E-state index contributed by atoms with van der Waals surface area (Å²) in [6.45, 7) is 1.76. The van der Waals surface area contributed by atoms with Crippen LogP contribution in [0.1, 0.15) is 26.2 Å². The third kappa shape index (κ3) is 7.29. The Labute approximate surface area is 99.0 Å². The number of carboxylic acid groups (broad SMARTS) is 2. The van der Waals surface area contributed by atoms with Crippen molar-refractivity contribution in [2.24, 2.45) is 11.7 Å². The highest BCUT2D eigenvalue weighted by atomic mass is 16.4. The van der Waals surface area contributed by atoms with Crippen LogP contribution in [0.4, 0.5) is 0 Å². The Kier molecular flexibility index (Phi) is 6.88. The van der Waals surface area contributed by atoms with Gasteiger partial charge in [-0.2, -0.15) is 0 Å². The molecule has 0 aliphatic rings. The Balaban J connectivity index is 3.78. The topological polar surface area (TPSA) is 130 Å². The third-order valence-electron chi connectivity index (χ3n) is 2.30. The smallest absolute Gasteiger partial charge is 0.306 e. The van der Waals surface area contributed by atoms with Gasteiger partial charge in [-0.25, -0.2) is 0 Å². The first-order valence-electron chi connectivity index (χ1n) is 5.32. The summed E-state index contributed by atoms with van der Waals surface area (Å²) in [7, 11) is 0. The van der Waals surface area contributed by atoms with Crippen molar-refractivity contribution in [2.45, 2.75) is 32.2 Å². The molecule has 1 amide bonds. The number of carboxylic acids is 2. The van der Waals surface area contributed by atoms with Gasteiger partial charge in [-0.1, -0.05) is 6.92 Å². The minimum atomic E-state index is -1.01. The zero-order valence-corrected chi connectivity index (χ0v) is 9.68. The van der Waals surface area contributed by atoms with E-state index in [0.717, 1.165) is 0 Å². The van der Waals surface area contributed by atoms with Crippen LogP contribution in [0, 0.1) is 5.92 Å². The van der Waals surface area contributed by atoms with Crippen molar-refractivity contribution in [2.75, 3.05) is 6.54 Å². The fourth-order valence-electron chi connectivity index (χ4n) is 1.08. The van der Waals surface area contributed by atoms with Gasteiger partial charge in [0, 0.05) is 13.0 Å². The summed E-state index contributed by atoms with van der Waals surface area (Å²) < 4.78 is 0. The Bertz CT molecular complexity index is 292. The van der Waals surface area contributed by atoms with E-state index in [9.17, 15) is 14.4 Å². The van der Waals surface area contributed by atoms with Gasteiger partial charge in [-0.3, -0.25) is 14.4 Å². The van der Waals surface area contributed by atoms with Gasteiger partial charge in [0.1, 0.15) is 0 Å². The molecule has 0 fully saturated rings. The SMILES string of the molecule is CC(CCNC(=O)C(N)CCC(=O)O)C(=O)O. The van der Waals surface area contributed by atoms with Gasteiger partial charge < -0.3 is 21.3 Å². The number of carbonyl (C=O) groups is 3. The highest BCUT2D eigenvalue weighted by molar-refractivity contribution is 5.82. The van der Waals surface area contributed by atoms with Gasteiger partial charge in [0.15, 0.2) is 0 Å². The molecule has 0 aliphatic heterocycles. The van der Waals surface area contributed by atoms with Gasteiger partial charge >= 0.3 is 11.9 Å². The first-order valence-corrected chi connectivity index (χ1v) is 5.32. The maximum atomic E-state index is 11.3. The second kappa shape index (κ2) is 7.61. The zero-order chi connectivity index (χ0) is 13.4. The summed E-state index contributed by atoms with van der Waals surface area (Å²) in [5.74, 6) is -2.92. The molecule has 0 aromatic heterocycles. The molecule has 0 spiro atoms. The molecular formula is C10H18N2O5. The normalized spacial score (nSPS) is 13.8. The quantitative estimate of drug-likeness (QED) is 0.452. The van der Waals surface area contributed by atoms with E-state index in [0.29, 0.717) is 6.42 Å². The molecular weight excluding hydrogens is 228 g/mol. The standard InChI is InChI=1S/C10H18N2O5/c1-6(10(16)17)4-5-12-9(15)7(11)2-3-8(13)14/h6-7H,2-5,11H2,1H3,(H,12,15)(H,13,14)(H,16,17). The van der Waals surface area contributed by atoms with Crippen LogP contribution in [0.5, 0.6) is 0 Å². The van der Waals surface area contributed by atoms with Gasteiger partial charge in [0.05, 0.1) is 12.0 Å². The molecule has 0 radical (unpaired) electrons. The van der Waals surface area contributed by atoms with E-state index in [1.165, 1.54) is 0 Å². The number of nitrogens with one attached hydrogen (secondary N) is 1. The van der Waals surface area contributed by atoms with Gasteiger partial charge in [-0.05, 0) is 12.8 Å². The predicted molar refractivity (Wildman–Crippen MR) is 59.3 cm³/mol. The lowest BCUT2D eigenvalue weighted by molar-refractivity contribution is -0.141. The van der Waals surface area contributed by atoms with E-state index >= 15 is 0 Å². The van der Waals surface area contributed by atoms with Crippen molar-refractivity contribution in [3.63, 3.8) is 0 Å². The fraction of sp³-hybridized carbons (Fsp3) is 0.700. The molecule has 0 bridgehead atoms. The Morgan fingerprint density at radius 2 is 1.82 bits per heavy atom. The molecule has 0 aliphatic carbocycles. The van der Waals surface area contributed by atoms with Crippen molar-refractivity contribution < 1.29 is 24.6 Å². The molecule has 98 valence electrons. The Hall–Kier alpha value is -1.63. The van der Waals surface area contributed by atoms with Gasteiger partial charge in [0.25, 0.3) is 0 Å². The number of aliphatic carboxylic acids is 2.